The molecular formula is C25H38N4. The molecule has 1 aliphatic heterocycles. The van der Waals surface area contributed by atoms with E-state index in [4.69, 9.17) is 0 Å². The van der Waals surface area contributed by atoms with Crippen molar-refractivity contribution >= 4 is 0 Å². The number of imidazole rings is 1. The molecule has 0 unspecified atom stereocenters. The third kappa shape index (κ3) is 5.49. The molecule has 2 aliphatic rings. The van der Waals surface area contributed by atoms with Crippen LogP contribution in [-0.2, 0) is 20.0 Å². The van der Waals surface area contributed by atoms with Gasteiger partial charge in [0, 0.05) is 38.9 Å². The molecule has 4 rings (SSSR count). The van der Waals surface area contributed by atoms with Gasteiger partial charge in [0.1, 0.15) is 0 Å². The van der Waals surface area contributed by atoms with E-state index in [2.05, 4.69) is 63.8 Å². The van der Waals surface area contributed by atoms with Gasteiger partial charge in [0.05, 0.1) is 12.0 Å². The van der Waals surface area contributed by atoms with Gasteiger partial charge in [-0.2, -0.15) is 0 Å². The highest BCUT2D eigenvalue weighted by Crippen LogP contribution is 2.28. The molecule has 0 amide bonds. The van der Waals surface area contributed by atoms with Gasteiger partial charge in [-0.25, -0.2) is 4.98 Å². The van der Waals surface area contributed by atoms with Gasteiger partial charge in [0.25, 0.3) is 0 Å². The molecule has 29 heavy (non-hydrogen) atoms. The topological polar surface area (TPSA) is 24.3 Å². The summed E-state index contributed by atoms with van der Waals surface area (Å²) in [7, 11) is 2.13. The highest BCUT2D eigenvalue weighted by molar-refractivity contribution is 5.25. The van der Waals surface area contributed by atoms with Crippen LogP contribution in [0.4, 0.5) is 0 Å². The largest absolute Gasteiger partial charge is 0.337 e. The molecule has 4 nitrogen and oxygen atoms in total. The monoisotopic (exact) mass is 394 g/mol. The van der Waals surface area contributed by atoms with Crippen molar-refractivity contribution in [3.05, 3.63) is 53.6 Å². The lowest BCUT2D eigenvalue weighted by Crippen LogP contribution is -2.42. The fourth-order valence-corrected chi connectivity index (χ4v) is 5.25. The average Bonchev–Trinajstić information content (AvgIpc) is 3.40. The van der Waals surface area contributed by atoms with Crippen molar-refractivity contribution < 1.29 is 0 Å². The number of aromatic nitrogens is 2. The Morgan fingerprint density at radius 2 is 1.83 bits per heavy atom. The van der Waals surface area contributed by atoms with E-state index in [0.717, 1.165) is 18.5 Å². The Morgan fingerprint density at radius 1 is 1.07 bits per heavy atom. The van der Waals surface area contributed by atoms with Gasteiger partial charge in [0.2, 0.25) is 0 Å². The molecule has 4 heteroatoms. The van der Waals surface area contributed by atoms with Crippen LogP contribution >= 0.6 is 0 Å². The number of nitrogens with zero attached hydrogens (tertiary/aromatic N) is 4. The normalized spacial score (nSPS) is 19.4. The summed E-state index contributed by atoms with van der Waals surface area (Å²) in [5.41, 5.74) is 4.30. The molecule has 0 atom stereocenters. The number of piperidine rings is 1. The molecule has 2 heterocycles. The van der Waals surface area contributed by atoms with E-state index in [9.17, 15) is 0 Å². The van der Waals surface area contributed by atoms with E-state index in [0.29, 0.717) is 0 Å². The maximum absolute atomic E-state index is 4.34. The van der Waals surface area contributed by atoms with Crippen LogP contribution in [0.15, 0.2) is 36.8 Å². The van der Waals surface area contributed by atoms with Gasteiger partial charge < -0.3 is 9.47 Å². The first-order chi connectivity index (χ1) is 14.2. The minimum Gasteiger partial charge on any atom is -0.337 e. The van der Waals surface area contributed by atoms with Crippen molar-refractivity contribution in [2.24, 2.45) is 13.0 Å². The van der Waals surface area contributed by atoms with Crippen LogP contribution in [0.1, 0.15) is 55.3 Å². The highest BCUT2D eigenvalue weighted by atomic mass is 15.2. The van der Waals surface area contributed by atoms with Crippen LogP contribution in [0.5, 0.6) is 0 Å². The quantitative estimate of drug-likeness (QED) is 0.662. The van der Waals surface area contributed by atoms with Crippen molar-refractivity contribution in [1.82, 2.24) is 19.4 Å². The van der Waals surface area contributed by atoms with E-state index in [1.54, 1.807) is 0 Å². The molecule has 1 aromatic heterocycles. The molecule has 0 spiro atoms. The van der Waals surface area contributed by atoms with Crippen molar-refractivity contribution in [3.8, 4) is 0 Å². The average molecular weight is 395 g/mol. The Morgan fingerprint density at radius 3 is 2.52 bits per heavy atom. The predicted molar refractivity (Wildman–Crippen MR) is 120 cm³/mol. The van der Waals surface area contributed by atoms with Gasteiger partial charge >= 0.3 is 0 Å². The first-order valence-electron chi connectivity index (χ1n) is 11.6. The molecule has 1 aromatic carbocycles. The van der Waals surface area contributed by atoms with Crippen molar-refractivity contribution in [2.45, 2.75) is 64.5 Å². The molecule has 2 aromatic rings. The van der Waals surface area contributed by atoms with Gasteiger partial charge in [-0.05, 0) is 69.2 Å². The van der Waals surface area contributed by atoms with Crippen LogP contribution in [0.25, 0.3) is 0 Å². The lowest BCUT2D eigenvalue weighted by molar-refractivity contribution is 0.111. The molecular weight excluding hydrogens is 356 g/mol. The SMILES string of the molecule is Cc1ccccc1CCN1CCC(CN(Cc2cncn2C)C2CCCC2)CC1. The first-order valence-corrected chi connectivity index (χ1v) is 11.6. The number of rotatable bonds is 8. The summed E-state index contributed by atoms with van der Waals surface area (Å²) in [5.74, 6) is 0.846. The summed E-state index contributed by atoms with van der Waals surface area (Å²) in [5, 5.41) is 0. The molecule has 0 N–H and O–H groups in total. The molecule has 2 fully saturated rings. The first kappa shape index (κ1) is 20.6. The highest BCUT2D eigenvalue weighted by Gasteiger charge is 2.27. The van der Waals surface area contributed by atoms with Crippen molar-refractivity contribution in [3.63, 3.8) is 0 Å². The third-order valence-corrected chi connectivity index (χ3v) is 7.28. The second kappa shape index (κ2) is 9.90. The summed E-state index contributed by atoms with van der Waals surface area (Å²) in [6.07, 6.45) is 13.5. The van der Waals surface area contributed by atoms with Gasteiger partial charge in [-0.3, -0.25) is 4.90 Å². The van der Waals surface area contributed by atoms with E-state index in [1.807, 2.05) is 6.33 Å². The lowest BCUT2D eigenvalue weighted by atomic mass is 9.94. The molecule has 1 saturated carbocycles. The van der Waals surface area contributed by atoms with Gasteiger partial charge in [0.15, 0.2) is 0 Å². The fraction of sp³-hybridized carbons (Fsp3) is 0.640. The van der Waals surface area contributed by atoms with Crippen LogP contribution < -0.4 is 0 Å². The zero-order valence-electron chi connectivity index (χ0n) is 18.4. The lowest BCUT2D eigenvalue weighted by Gasteiger charge is -2.37. The van der Waals surface area contributed by atoms with Crippen LogP contribution in [0.2, 0.25) is 0 Å². The zero-order valence-corrected chi connectivity index (χ0v) is 18.4. The van der Waals surface area contributed by atoms with Crippen LogP contribution in [0, 0.1) is 12.8 Å². The minimum absolute atomic E-state index is 0.781. The Labute approximate surface area is 176 Å². The molecule has 0 radical (unpaired) electrons. The summed E-state index contributed by atoms with van der Waals surface area (Å²) in [6, 6.07) is 9.63. The van der Waals surface area contributed by atoms with Gasteiger partial charge in [-0.15, -0.1) is 0 Å². The van der Waals surface area contributed by atoms with E-state index in [1.165, 1.54) is 87.9 Å². The summed E-state index contributed by atoms with van der Waals surface area (Å²) < 4.78 is 2.19. The maximum Gasteiger partial charge on any atom is 0.0945 e. The van der Waals surface area contributed by atoms with Gasteiger partial charge in [-0.1, -0.05) is 37.1 Å². The number of hydrogen-bond acceptors (Lipinski definition) is 3. The molecule has 1 saturated heterocycles. The standard InChI is InChI=1S/C25H38N4/c1-21-7-3-4-8-23(21)13-16-28-14-11-22(12-15-28)18-29(24-9-5-6-10-24)19-25-17-26-20-27(25)2/h3-4,7-8,17,20,22,24H,5-6,9-16,18-19H2,1-2H3. The predicted octanol–water partition coefficient (Wildman–Crippen LogP) is 4.43. The fourth-order valence-electron chi connectivity index (χ4n) is 5.25. The number of benzene rings is 1. The number of aryl methyl sites for hydroxylation is 2. The molecule has 0 bridgehead atoms. The van der Waals surface area contributed by atoms with Crippen LogP contribution in [0.3, 0.4) is 0 Å². The van der Waals surface area contributed by atoms with E-state index >= 15 is 0 Å². The second-order valence-electron chi connectivity index (χ2n) is 9.33. The third-order valence-electron chi connectivity index (χ3n) is 7.28. The number of likely N-dealkylation sites (tertiary alicyclic amines) is 1. The second-order valence-corrected chi connectivity index (χ2v) is 9.33. The van der Waals surface area contributed by atoms with E-state index < -0.39 is 0 Å². The Balaban J connectivity index is 1.27. The molecule has 1 aliphatic carbocycles. The van der Waals surface area contributed by atoms with Crippen LogP contribution in [-0.4, -0.2) is 51.6 Å². The summed E-state index contributed by atoms with van der Waals surface area (Å²) >= 11 is 0. The van der Waals surface area contributed by atoms with E-state index in [-0.39, 0.29) is 0 Å². The summed E-state index contributed by atoms with van der Waals surface area (Å²) in [4.78, 5) is 9.81. The van der Waals surface area contributed by atoms with Crippen molar-refractivity contribution in [1.29, 1.82) is 0 Å². The Kier molecular flexibility index (Phi) is 7.04. The minimum atomic E-state index is 0.781. The summed E-state index contributed by atoms with van der Waals surface area (Å²) in [6.45, 7) is 8.30. The molecule has 158 valence electrons. The number of hydrogen-bond donors (Lipinski definition) is 0. The maximum atomic E-state index is 4.34. The smallest absolute Gasteiger partial charge is 0.0945 e. The zero-order chi connectivity index (χ0) is 20.1. The Bertz CT molecular complexity index is 754. The Hall–Kier alpha value is -1.65. The van der Waals surface area contributed by atoms with Crippen molar-refractivity contribution in [2.75, 3.05) is 26.2 Å².